The first-order chi connectivity index (χ1) is 18.8. The highest BCUT2D eigenvalue weighted by Gasteiger charge is 2.64. The van der Waals surface area contributed by atoms with Gasteiger partial charge in [0.25, 0.3) is 5.56 Å². The number of hydrogen-bond acceptors (Lipinski definition) is 11. The molecular formula is C23H27N6O10P. The average molecular weight is 578 g/mol. The lowest BCUT2D eigenvalue weighted by Gasteiger charge is -2.30. The van der Waals surface area contributed by atoms with Gasteiger partial charge >= 0.3 is 19.4 Å². The minimum absolute atomic E-state index is 0.0475. The maximum Gasteiger partial charge on any atom is 0.459 e. The first-order valence-corrected chi connectivity index (χ1v) is 13.2. The fourth-order valence-corrected chi connectivity index (χ4v) is 5.18. The van der Waals surface area contributed by atoms with E-state index < -0.39 is 67.4 Å². The van der Waals surface area contributed by atoms with Crippen molar-refractivity contribution in [3.05, 3.63) is 73.9 Å². The average Bonchev–Trinajstić information content (AvgIpc) is 3.11. The first-order valence-electron chi connectivity index (χ1n) is 11.7. The van der Waals surface area contributed by atoms with E-state index in [2.05, 4.69) is 15.1 Å². The number of para-hydroxylation sites is 1. The maximum absolute atomic E-state index is 13.8. The lowest BCUT2D eigenvalue weighted by atomic mass is 9.92. The molecule has 0 amide bonds. The van der Waals surface area contributed by atoms with E-state index in [-0.39, 0.29) is 5.75 Å². The molecule has 1 aromatic carbocycles. The SMILES string of the molecule is C#C[C@@]1(O)[C@H](O)C(CO[P@@](=O)(N[C@@H](C)C(=O)OC(C)C)Oc2ccccc2)(N=[N+]=[N-])O[C@H]1n1ccc(=O)[nH]c1=O. The normalized spacial score (nSPS) is 26.2. The summed E-state index contributed by atoms with van der Waals surface area (Å²) in [6.45, 7) is 3.48. The fourth-order valence-electron chi connectivity index (χ4n) is 3.67. The number of rotatable bonds is 11. The topological polar surface area (TPSA) is 227 Å². The summed E-state index contributed by atoms with van der Waals surface area (Å²) in [7, 11) is -4.57. The van der Waals surface area contributed by atoms with Crippen LogP contribution in [0.4, 0.5) is 0 Å². The Balaban J connectivity index is 1.99. The van der Waals surface area contributed by atoms with Gasteiger partial charge in [-0.25, -0.2) is 9.36 Å². The third-order valence-corrected chi connectivity index (χ3v) is 7.18. The molecule has 3 rings (SSSR count). The molecule has 2 aromatic rings. The number of terminal acetylenes is 1. The summed E-state index contributed by atoms with van der Waals surface area (Å²) < 4.78 is 36.2. The quantitative estimate of drug-likeness (QED) is 0.0732. The summed E-state index contributed by atoms with van der Waals surface area (Å²) in [6.07, 6.45) is 1.73. The van der Waals surface area contributed by atoms with Crippen molar-refractivity contribution >= 4 is 13.7 Å². The highest BCUT2D eigenvalue weighted by atomic mass is 31.2. The van der Waals surface area contributed by atoms with E-state index in [1.807, 2.05) is 10.9 Å². The molecule has 1 aliphatic rings. The van der Waals surface area contributed by atoms with Gasteiger partial charge in [-0.1, -0.05) is 29.2 Å². The second kappa shape index (κ2) is 12.1. The number of hydrogen-bond donors (Lipinski definition) is 4. The van der Waals surface area contributed by atoms with Crippen molar-refractivity contribution in [2.24, 2.45) is 5.11 Å². The number of carbonyl (C=O) groups is 1. The van der Waals surface area contributed by atoms with Crippen molar-refractivity contribution in [1.29, 1.82) is 0 Å². The third kappa shape index (κ3) is 6.44. The number of benzene rings is 1. The van der Waals surface area contributed by atoms with Gasteiger partial charge in [0.2, 0.25) is 5.72 Å². The number of H-pyrrole nitrogens is 1. The molecule has 16 nitrogen and oxygen atoms in total. The van der Waals surface area contributed by atoms with Gasteiger partial charge in [-0.05, 0) is 38.4 Å². The Morgan fingerprint density at radius 2 is 2.02 bits per heavy atom. The molecule has 0 radical (unpaired) electrons. The van der Waals surface area contributed by atoms with Crippen LogP contribution < -0.4 is 20.9 Å². The highest BCUT2D eigenvalue weighted by Crippen LogP contribution is 2.50. The van der Waals surface area contributed by atoms with E-state index in [9.17, 15) is 34.7 Å². The van der Waals surface area contributed by atoms with Crippen LogP contribution in [0.2, 0.25) is 0 Å². The molecule has 0 aliphatic carbocycles. The van der Waals surface area contributed by atoms with Crippen LogP contribution in [-0.4, -0.2) is 61.9 Å². The minimum atomic E-state index is -4.57. The Kier molecular flexibility index (Phi) is 9.24. The third-order valence-electron chi connectivity index (χ3n) is 5.55. The number of aromatic amines is 1. The Hall–Kier alpha value is -3.93. The molecule has 4 N–H and O–H groups in total. The van der Waals surface area contributed by atoms with E-state index in [0.717, 1.165) is 12.3 Å². The number of nitrogens with one attached hydrogen (secondary N) is 2. The zero-order valence-electron chi connectivity index (χ0n) is 21.5. The van der Waals surface area contributed by atoms with Gasteiger partial charge in [-0.15, -0.1) is 6.42 Å². The number of nitrogens with zero attached hydrogens (tertiary/aromatic N) is 4. The van der Waals surface area contributed by atoms with Crippen molar-refractivity contribution in [2.75, 3.05) is 6.61 Å². The number of aliphatic hydroxyl groups is 2. The van der Waals surface area contributed by atoms with Gasteiger partial charge in [0.1, 0.15) is 17.9 Å². The standard InChI is InChI=1S/C23H27N6O10P/c1-5-22(34)19(32)23(27-28-24,38-20(22)29-12-11-17(30)25-21(29)33)13-36-40(35,39-16-9-7-6-8-10-16)26-15(4)18(31)37-14(2)3/h1,6-12,14-15,19-20,32,34H,13H2,2-4H3,(H,26,35)(H,25,30,33)/t15-,19-,20+,22+,23?,40-/m0/s1. The van der Waals surface area contributed by atoms with Crippen molar-refractivity contribution < 1.29 is 38.1 Å². The Bertz CT molecular complexity index is 1480. The molecule has 1 fully saturated rings. The zero-order chi connectivity index (χ0) is 29.7. The number of aliphatic hydroxyl groups excluding tert-OH is 1. The molecular weight excluding hydrogens is 551 g/mol. The van der Waals surface area contributed by atoms with Crippen LogP contribution in [-0.2, 0) is 23.4 Å². The van der Waals surface area contributed by atoms with Gasteiger partial charge in [0, 0.05) is 17.2 Å². The van der Waals surface area contributed by atoms with Crippen LogP contribution in [0.1, 0.15) is 27.0 Å². The Morgan fingerprint density at radius 3 is 2.60 bits per heavy atom. The number of aromatic nitrogens is 2. The molecule has 214 valence electrons. The minimum Gasteiger partial charge on any atom is -0.462 e. The fraction of sp³-hybridized carbons (Fsp3) is 0.435. The molecule has 17 heteroatoms. The van der Waals surface area contributed by atoms with E-state index in [0.29, 0.717) is 4.57 Å². The van der Waals surface area contributed by atoms with Gasteiger partial charge < -0.3 is 24.2 Å². The lowest BCUT2D eigenvalue weighted by Crippen LogP contribution is -2.52. The van der Waals surface area contributed by atoms with Gasteiger partial charge in [-0.3, -0.25) is 23.7 Å². The van der Waals surface area contributed by atoms with E-state index >= 15 is 0 Å². The second-order valence-corrected chi connectivity index (χ2v) is 10.6. The Morgan fingerprint density at radius 1 is 1.35 bits per heavy atom. The van der Waals surface area contributed by atoms with Crippen molar-refractivity contribution in [3.8, 4) is 18.1 Å². The molecule has 0 bridgehead atoms. The van der Waals surface area contributed by atoms with E-state index in [1.165, 1.54) is 19.1 Å². The molecule has 6 atom stereocenters. The molecule has 0 spiro atoms. The van der Waals surface area contributed by atoms with Crippen LogP contribution in [0.25, 0.3) is 10.4 Å². The summed E-state index contributed by atoms with van der Waals surface area (Å²) in [5.41, 5.74) is 2.10. The zero-order valence-corrected chi connectivity index (χ0v) is 22.4. The Labute approximate surface area is 227 Å². The van der Waals surface area contributed by atoms with Crippen LogP contribution in [0, 0.1) is 12.3 Å². The smallest absolute Gasteiger partial charge is 0.459 e. The molecule has 1 aliphatic heterocycles. The molecule has 1 saturated heterocycles. The summed E-state index contributed by atoms with van der Waals surface area (Å²) in [5, 5.41) is 28.0. The maximum atomic E-state index is 13.8. The van der Waals surface area contributed by atoms with Gasteiger partial charge in [-0.2, -0.15) is 5.09 Å². The summed E-state index contributed by atoms with van der Waals surface area (Å²) >= 11 is 0. The van der Waals surface area contributed by atoms with Gasteiger partial charge in [0.15, 0.2) is 11.8 Å². The van der Waals surface area contributed by atoms with Crippen molar-refractivity contribution in [1.82, 2.24) is 14.6 Å². The predicted octanol–water partition coefficient (Wildman–Crippen LogP) is 0.931. The molecule has 1 aromatic heterocycles. The lowest BCUT2D eigenvalue weighted by molar-refractivity contribution is -0.149. The van der Waals surface area contributed by atoms with Crippen molar-refractivity contribution in [2.45, 2.75) is 56.6 Å². The van der Waals surface area contributed by atoms with Crippen LogP contribution in [0.3, 0.4) is 0 Å². The molecule has 2 heterocycles. The number of esters is 1. The summed E-state index contributed by atoms with van der Waals surface area (Å²) in [6, 6.07) is 7.36. The van der Waals surface area contributed by atoms with E-state index in [1.54, 1.807) is 32.0 Å². The summed E-state index contributed by atoms with van der Waals surface area (Å²) in [5.74, 6) is 1.16. The van der Waals surface area contributed by atoms with Crippen LogP contribution in [0.5, 0.6) is 5.75 Å². The summed E-state index contributed by atoms with van der Waals surface area (Å²) in [4.78, 5) is 40.8. The number of azide groups is 1. The monoisotopic (exact) mass is 578 g/mol. The number of ether oxygens (including phenoxy) is 2. The predicted molar refractivity (Wildman–Crippen MR) is 138 cm³/mol. The van der Waals surface area contributed by atoms with E-state index in [4.69, 9.17) is 24.9 Å². The largest absolute Gasteiger partial charge is 0.462 e. The van der Waals surface area contributed by atoms with Gasteiger partial charge in [0.05, 0.1) is 12.7 Å². The van der Waals surface area contributed by atoms with Crippen LogP contribution >= 0.6 is 7.75 Å². The van der Waals surface area contributed by atoms with Crippen LogP contribution in [0.15, 0.2) is 57.3 Å². The molecule has 1 unspecified atom stereocenters. The first kappa shape index (κ1) is 30.6. The van der Waals surface area contributed by atoms with Crippen molar-refractivity contribution in [3.63, 3.8) is 0 Å². The highest BCUT2D eigenvalue weighted by molar-refractivity contribution is 7.52. The molecule has 0 saturated carbocycles. The molecule has 40 heavy (non-hydrogen) atoms. The number of carbonyl (C=O) groups excluding carboxylic acids is 1. The second-order valence-electron chi connectivity index (χ2n) is 8.91.